The molecule has 2 aliphatic heterocycles. The quantitative estimate of drug-likeness (QED) is 0.699. The Morgan fingerprint density at radius 2 is 2.43 bits per heavy atom. The Hall–Kier alpha value is -0.870. The van der Waals surface area contributed by atoms with Crippen LogP contribution >= 0.6 is 11.3 Å². The molecule has 3 nitrogen and oxygen atoms in total. The lowest BCUT2D eigenvalue weighted by Gasteiger charge is -2.33. The molecule has 0 spiro atoms. The van der Waals surface area contributed by atoms with E-state index in [2.05, 4.69) is 0 Å². The summed E-state index contributed by atoms with van der Waals surface area (Å²) >= 11 is 1.63. The molecule has 1 aromatic heterocycles. The average Bonchev–Trinajstić information content (AvgIpc) is 2.75. The lowest BCUT2D eigenvalue weighted by atomic mass is 9.97. The van der Waals surface area contributed by atoms with Crippen molar-refractivity contribution in [2.75, 3.05) is 0 Å². The van der Waals surface area contributed by atoms with Crippen molar-refractivity contribution < 1.29 is 9.90 Å². The lowest BCUT2D eigenvalue weighted by Crippen LogP contribution is -2.40. The van der Waals surface area contributed by atoms with Gasteiger partial charge in [0, 0.05) is 11.3 Å². The predicted molar refractivity (Wildman–Crippen MR) is 52.9 cm³/mol. The van der Waals surface area contributed by atoms with Crippen LogP contribution in [0.15, 0.2) is 11.4 Å². The van der Waals surface area contributed by atoms with E-state index in [-0.39, 0.29) is 11.9 Å². The normalized spacial score (nSPS) is 30.4. The Balaban J connectivity index is 2.04. The molecule has 4 heteroatoms. The third-order valence-corrected chi connectivity index (χ3v) is 4.07. The van der Waals surface area contributed by atoms with Crippen molar-refractivity contribution in [2.24, 2.45) is 0 Å². The average molecular weight is 209 g/mol. The van der Waals surface area contributed by atoms with E-state index in [1.165, 1.54) is 0 Å². The molecular formula is C10H11NO2S. The molecule has 0 aromatic carbocycles. The van der Waals surface area contributed by atoms with E-state index in [4.69, 9.17) is 0 Å². The van der Waals surface area contributed by atoms with Gasteiger partial charge in [0.1, 0.15) is 6.10 Å². The second kappa shape index (κ2) is 2.81. The summed E-state index contributed by atoms with van der Waals surface area (Å²) in [5.41, 5.74) is 1.03. The zero-order valence-corrected chi connectivity index (χ0v) is 8.46. The Labute approximate surface area is 86.0 Å². The van der Waals surface area contributed by atoms with Crippen molar-refractivity contribution in [2.45, 2.75) is 31.5 Å². The highest BCUT2D eigenvalue weighted by Gasteiger charge is 2.41. The van der Waals surface area contributed by atoms with E-state index in [0.717, 1.165) is 16.9 Å². The van der Waals surface area contributed by atoms with E-state index >= 15 is 0 Å². The number of amides is 1. The van der Waals surface area contributed by atoms with Crippen molar-refractivity contribution in [3.8, 4) is 0 Å². The second-order valence-electron chi connectivity index (χ2n) is 3.87. The summed E-state index contributed by atoms with van der Waals surface area (Å²) in [6, 6.07) is 2.01. The third-order valence-electron chi connectivity index (χ3n) is 3.15. The van der Waals surface area contributed by atoms with Gasteiger partial charge in [0.05, 0.1) is 12.6 Å². The maximum Gasteiger partial charge on any atom is 0.223 e. The van der Waals surface area contributed by atoms with Crippen LogP contribution in [0.25, 0.3) is 0 Å². The number of fused-ring (bicyclic) bond motifs is 2. The van der Waals surface area contributed by atoms with Gasteiger partial charge in [0.2, 0.25) is 5.91 Å². The molecule has 1 aromatic rings. The van der Waals surface area contributed by atoms with Crippen molar-refractivity contribution in [3.05, 3.63) is 21.9 Å². The zero-order valence-electron chi connectivity index (χ0n) is 7.64. The molecule has 3 heterocycles. The van der Waals surface area contributed by atoms with E-state index in [0.29, 0.717) is 13.0 Å². The van der Waals surface area contributed by atoms with Gasteiger partial charge < -0.3 is 10.0 Å². The predicted octanol–water partition coefficient (Wildman–Crippen LogP) is 1.29. The highest BCUT2D eigenvalue weighted by atomic mass is 32.1. The van der Waals surface area contributed by atoms with Gasteiger partial charge in [-0.3, -0.25) is 4.79 Å². The molecule has 74 valence electrons. The molecular weight excluding hydrogens is 198 g/mol. The highest BCUT2D eigenvalue weighted by molar-refractivity contribution is 7.10. The molecule has 0 bridgehead atoms. The van der Waals surface area contributed by atoms with Crippen molar-refractivity contribution in [1.82, 2.24) is 4.90 Å². The fraction of sp³-hybridized carbons (Fsp3) is 0.500. The summed E-state index contributed by atoms with van der Waals surface area (Å²) in [5.74, 6) is 0.188. The van der Waals surface area contributed by atoms with E-state index in [9.17, 15) is 9.90 Å². The standard InChI is InChI=1S/C10H11NO2S/c12-9-2-1-7-10(13)6-3-4-14-8(6)5-11(7)9/h3-4,7,10,13H,1-2,5H2/t7-,10-/m1/s1. The van der Waals surface area contributed by atoms with E-state index < -0.39 is 6.10 Å². The fourth-order valence-corrected chi connectivity index (χ4v) is 3.31. The summed E-state index contributed by atoms with van der Waals surface area (Å²) in [6.45, 7) is 0.702. The van der Waals surface area contributed by atoms with Crippen molar-refractivity contribution in [1.29, 1.82) is 0 Å². The van der Waals surface area contributed by atoms with Crippen LogP contribution in [0.1, 0.15) is 29.4 Å². The number of aliphatic hydroxyl groups excluding tert-OH is 1. The Bertz CT molecular complexity index is 387. The van der Waals surface area contributed by atoms with Crippen LogP contribution in [-0.2, 0) is 11.3 Å². The number of aliphatic hydroxyl groups is 1. The zero-order chi connectivity index (χ0) is 9.71. The van der Waals surface area contributed by atoms with Gasteiger partial charge in [-0.05, 0) is 23.4 Å². The molecule has 0 unspecified atom stereocenters. The van der Waals surface area contributed by atoms with Gasteiger partial charge in [-0.2, -0.15) is 0 Å². The smallest absolute Gasteiger partial charge is 0.223 e. The SMILES string of the molecule is O=C1CC[C@@H]2[C@H](O)c3ccsc3CN12. The monoisotopic (exact) mass is 209 g/mol. The van der Waals surface area contributed by atoms with Crippen molar-refractivity contribution >= 4 is 17.2 Å². The number of hydrogen-bond donors (Lipinski definition) is 1. The van der Waals surface area contributed by atoms with Crippen LogP contribution in [0.5, 0.6) is 0 Å². The van der Waals surface area contributed by atoms with E-state index in [1.807, 2.05) is 16.3 Å². The molecule has 14 heavy (non-hydrogen) atoms. The minimum atomic E-state index is -0.462. The molecule has 1 fully saturated rings. The van der Waals surface area contributed by atoms with Crippen LogP contribution in [0.4, 0.5) is 0 Å². The number of carbonyl (C=O) groups is 1. The fourth-order valence-electron chi connectivity index (χ4n) is 2.39. The topological polar surface area (TPSA) is 40.5 Å². The molecule has 0 saturated carbocycles. The van der Waals surface area contributed by atoms with Crippen LogP contribution < -0.4 is 0 Å². The van der Waals surface area contributed by atoms with Gasteiger partial charge in [-0.15, -0.1) is 11.3 Å². The first-order chi connectivity index (χ1) is 6.77. The largest absolute Gasteiger partial charge is 0.386 e. The van der Waals surface area contributed by atoms with Crippen LogP contribution in [0, 0.1) is 0 Å². The maximum absolute atomic E-state index is 11.5. The Morgan fingerprint density at radius 1 is 1.57 bits per heavy atom. The van der Waals surface area contributed by atoms with E-state index in [1.54, 1.807) is 11.3 Å². The van der Waals surface area contributed by atoms with Gasteiger partial charge in [0.15, 0.2) is 0 Å². The van der Waals surface area contributed by atoms with Gasteiger partial charge in [-0.1, -0.05) is 0 Å². The minimum absolute atomic E-state index is 0.0320. The second-order valence-corrected chi connectivity index (χ2v) is 4.87. The van der Waals surface area contributed by atoms with Gasteiger partial charge in [-0.25, -0.2) is 0 Å². The van der Waals surface area contributed by atoms with Crippen LogP contribution in [-0.4, -0.2) is 22.0 Å². The summed E-state index contributed by atoms with van der Waals surface area (Å²) in [4.78, 5) is 14.5. The molecule has 2 atom stereocenters. The van der Waals surface area contributed by atoms with Gasteiger partial charge >= 0.3 is 0 Å². The molecule has 2 aliphatic rings. The number of nitrogens with zero attached hydrogens (tertiary/aromatic N) is 1. The first kappa shape index (κ1) is 8.44. The summed E-state index contributed by atoms with van der Waals surface area (Å²) < 4.78 is 0. The van der Waals surface area contributed by atoms with Gasteiger partial charge in [0.25, 0.3) is 0 Å². The molecule has 0 aliphatic carbocycles. The van der Waals surface area contributed by atoms with Crippen LogP contribution in [0.2, 0.25) is 0 Å². The maximum atomic E-state index is 11.5. The lowest BCUT2D eigenvalue weighted by molar-refractivity contribution is -0.131. The molecule has 3 rings (SSSR count). The summed E-state index contributed by atoms with van der Waals surface area (Å²) in [6.07, 6.45) is 0.933. The first-order valence-electron chi connectivity index (χ1n) is 4.81. The third kappa shape index (κ3) is 0.980. The minimum Gasteiger partial charge on any atom is -0.386 e. The summed E-state index contributed by atoms with van der Waals surface area (Å²) in [5, 5.41) is 12.0. The Kier molecular flexibility index (Phi) is 1.69. The Morgan fingerprint density at radius 3 is 3.29 bits per heavy atom. The molecule has 1 N–H and O–H groups in total. The van der Waals surface area contributed by atoms with Crippen LogP contribution in [0.3, 0.4) is 0 Å². The molecule has 1 amide bonds. The highest BCUT2D eigenvalue weighted by Crippen LogP contribution is 2.39. The molecule has 0 radical (unpaired) electrons. The number of rotatable bonds is 0. The number of carbonyl (C=O) groups excluding carboxylic acids is 1. The van der Waals surface area contributed by atoms with Crippen molar-refractivity contribution in [3.63, 3.8) is 0 Å². The number of thiophene rings is 1. The number of hydrogen-bond acceptors (Lipinski definition) is 3. The molecule has 1 saturated heterocycles. The first-order valence-corrected chi connectivity index (χ1v) is 5.69. The summed E-state index contributed by atoms with van der Waals surface area (Å²) in [7, 11) is 0.